The van der Waals surface area contributed by atoms with E-state index in [1.54, 1.807) is 0 Å². The molecule has 2 amide bonds. The molecule has 62 valence electrons. The lowest BCUT2D eigenvalue weighted by molar-refractivity contribution is -0.133. The number of carbonyl (C=O) groups is 2. The van der Waals surface area contributed by atoms with Crippen LogP contribution in [0.25, 0.3) is 0 Å². The molecule has 1 heterocycles. The molecule has 1 atom stereocenters. The first-order valence-electron chi connectivity index (χ1n) is 2.96. The number of nitrogens with one attached hydrogen (secondary N) is 2. The van der Waals surface area contributed by atoms with Gasteiger partial charge in [0.15, 0.2) is 0 Å². The molecule has 4 nitrogen and oxygen atoms in total. The summed E-state index contributed by atoms with van der Waals surface area (Å²) in [5.74, 6) is -0.625. The Morgan fingerprint density at radius 1 is 1.45 bits per heavy atom. The lowest BCUT2D eigenvalue weighted by Crippen LogP contribution is -2.58. The Labute approximate surface area is 73.2 Å². The lowest BCUT2D eigenvalue weighted by atomic mass is 10.2. The predicted molar refractivity (Wildman–Crippen MR) is 40.4 cm³/mol. The fourth-order valence-corrected chi connectivity index (χ4v) is 1.10. The largest absolute Gasteiger partial charge is 0.345 e. The maximum atomic E-state index is 10.9. The zero-order valence-electron chi connectivity index (χ0n) is 5.43. The zero-order chi connectivity index (χ0) is 8.43. The van der Waals surface area contributed by atoms with Crippen molar-refractivity contribution in [3.63, 3.8) is 0 Å². The van der Waals surface area contributed by atoms with Crippen molar-refractivity contribution in [2.75, 3.05) is 6.54 Å². The van der Waals surface area contributed by atoms with E-state index in [-0.39, 0.29) is 18.4 Å². The Balaban J connectivity index is 2.61. The Kier molecular flexibility index (Phi) is 2.57. The molecular weight excluding hydrogens is 191 g/mol. The third-order valence-corrected chi connectivity index (χ3v) is 1.78. The fourth-order valence-electron chi connectivity index (χ4n) is 0.745. The number of hydrogen-bond acceptors (Lipinski definition) is 2. The highest BCUT2D eigenvalue weighted by Gasteiger charge is 2.30. The molecule has 0 radical (unpaired) electrons. The minimum absolute atomic E-state index is 0.00414. The standard InChI is InChI=1S/C5H6Cl2N2O2/c6-4(7)3-5(11)8-1-2(10)9-3/h3-4H,1H2,(H,8,11)(H,9,10)/t3-/m1/s1. The van der Waals surface area contributed by atoms with Crippen LogP contribution in [0.2, 0.25) is 0 Å². The quantitative estimate of drug-likeness (QED) is 0.551. The predicted octanol–water partition coefficient (Wildman–Crippen LogP) is -0.595. The van der Waals surface area contributed by atoms with Crippen molar-refractivity contribution in [2.45, 2.75) is 10.9 Å². The molecule has 11 heavy (non-hydrogen) atoms. The van der Waals surface area contributed by atoms with Gasteiger partial charge in [0.2, 0.25) is 11.8 Å². The number of hydrogen-bond donors (Lipinski definition) is 2. The molecule has 1 saturated heterocycles. The maximum absolute atomic E-state index is 10.9. The fraction of sp³-hybridized carbons (Fsp3) is 0.600. The van der Waals surface area contributed by atoms with Crippen LogP contribution in [0.4, 0.5) is 0 Å². The molecule has 1 aliphatic rings. The van der Waals surface area contributed by atoms with Crippen molar-refractivity contribution in [2.24, 2.45) is 0 Å². The van der Waals surface area contributed by atoms with E-state index in [9.17, 15) is 9.59 Å². The number of rotatable bonds is 1. The molecule has 0 aromatic rings. The topological polar surface area (TPSA) is 58.2 Å². The number of carbonyl (C=O) groups excluding carboxylic acids is 2. The molecule has 0 unspecified atom stereocenters. The first-order chi connectivity index (χ1) is 5.11. The van der Waals surface area contributed by atoms with Gasteiger partial charge in [-0.25, -0.2) is 0 Å². The summed E-state index contributed by atoms with van der Waals surface area (Å²) in [5, 5.41) is 4.69. The average Bonchev–Trinajstić information content (AvgIpc) is 1.94. The average molecular weight is 197 g/mol. The van der Waals surface area contributed by atoms with E-state index in [2.05, 4.69) is 10.6 Å². The number of halogens is 2. The highest BCUT2D eigenvalue weighted by atomic mass is 35.5. The Bertz CT molecular complexity index is 195. The lowest BCUT2D eigenvalue weighted by Gasteiger charge is -2.23. The number of amides is 2. The molecule has 2 N–H and O–H groups in total. The van der Waals surface area contributed by atoms with Crippen molar-refractivity contribution >= 4 is 35.0 Å². The zero-order valence-corrected chi connectivity index (χ0v) is 6.95. The highest BCUT2D eigenvalue weighted by molar-refractivity contribution is 6.46. The first kappa shape index (κ1) is 8.62. The van der Waals surface area contributed by atoms with Crippen molar-refractivity contribution in [3.05, 3.63) is 0 Å². The van der Waals surface area contributed by atoms with E-state index in [1.165, 1.54) is 0 Å². The van der Waals surface area contributed by atoms with Gasteiger partial charge < -0.3 is 10.6 Å². The molecular formula is C5H6Cl2N2O2. The molecule has 0 spiro atoms. The minimum Gasteiger partial charge on any atom is -0.345 e. The van der Waals surface area contributed by atoms with Crippen molar-refractivity contribution in [1.29, 1.82) is 0 Å². The SMILES string of the molecule is O=C1CNC(=O)[C@@H](C(Cl)Cl)N1. The van der Waals surface area contributed by atoms with Crippen molar-refractivity contribution in [3.8, 4) is 0 Å². The third-order valence-electron chi connectivity index (χ3n) is 1.27. The second kappa shape index (κ2) is 3.28. The van der Waals surface area contributed by atoms with Crippen LogP contribution in [0.1, 0.15) is 0 Å². The van der Waals surface area contributed by atoms with E-state index in [1.807, 2.05) is 0 Å². The van der Waals surface area contributed by atoms with Gasteiger partial charge in [-0.2, -0.15) is 0 Å². The van der Waals surface area contributed by atoms with Crippen LogP contribution in [0.15, 0.2) is 0 Å². The van der Waals surface area contributed by atoms with E-state index in [0.717, 1.165) is 0 Å². The van der Waals surface area contributed by atoms with Gasteiger partial charge in [0.1, 0.15) is 10.9 Å². The number of alkyl halides is 2. The van der Waals surface area contributed by atoms with Gasteiger partial charge >= 0.3 is 0 Å². The minimum atomic E-state index is -0.903. The van der Waals surface area contributed by atoms with Crippen LogP contribution in [0.5, 0.6) is 0 Å². The van der Waals surface area contributed by atoms with Gasteiger partial charge in [0, 0.05) is 0 Å². The van der Waals surface area contributed by atoms with Crippen molar-refractivity contribution < 1.29 is 9.59 Å². The van der Waals surface area contributed by atoms with E-state index in [0.29, 0.717) is 0 Å². The first-order valence-corrected chi connectivity index (χ1v) is 3.84. The summed E-state index contributed by atoms with van der Waals surface area (Å²) in [6.45, 7) is -0.00414. The molecule has 0 saturated carbocycles. The summed E-state index contributed by atoms with van der Waals surface area (Å²) in [4.78, 5) is 20.7. The second-order valence-corrected chi connectivity index (χ2v) is 3.26. The van der Waals surface area contributed by atoms with Crippen LogP contribution in [-0.2, 0) is 9.59 Å². The number of piperazine rings is 1. The Morgan fingerprint density at radius 3 is 2.55 bits per heavy atom. The van der Waals surface area contributed by atoms with Crippen LogP contribution in [0, 0.1) is 0 Å². The molecule has 0 bridgehead atoms. The van der Waals surface area contributed by atoms with Crippen molar-refractivity contribution in [1.82, 2.24) is 10.6 Å². The molecule has 6 heteroatoms. The van der Waals surface area contributed by atoms with Crippen LogP contribution >= 0.6 is 23.2 Å². The van der Waals surface area contributed by atoms with Gasteiger partial charge in [0.25, 0.3) is 0 Å². The smallest absolute Gasteiger partial charge is 0.245 e. The molecule has 0 aromatic heterocycles. The Hall–Kier alpha value is -0.480. The molecule has 1 aliphatic heterocycles. The summed E-state index contributed by atoms with van der Waals surface area (Å²) in [6.07, 6.45) is 0. The van der Waals surface area contributed by atoms with E-state index in [4.69, 9.17) is 23.2 Å². The summed E-state index contributed by atoms with van der Waals surface area (Å²) < 4.78 is 0. The van der Waals surface area contributed by atoms with Crippen LogP contribution in [0.3, 0.4) is 0 Å². The van der Waals surface area contributed by atoms with Gasteiger partial charge in [-0.05, 0) is 0 Å². The summed E-state index contributed by atoms with van der Waals surface area (Å²) in [5.41, 5.74) is 0. The summed E-state index contributed by atoms with van der Waals surface area (Å²) in [6, 6.07) is -0.820. The third kappa shape index (κ3) is 1.97. The molecule has 1 rings (SSSR count). The molecule has 1 fully saturated rings. The summed E-state index contributed by atoms with van der Waals surface area (Å²) >= 11 is 10.8. The summed E-state index contributed by atoms with van der Waals surface area (Å²) in [7, 11) is 0. The van der Waals surface area contributed by atoms with Crippen LogP contribution < -0.4 is 10.6 Å². The van der Waals surface area contributed by atoms with Gasteiger partial charge in [-0.15, -0.1) is 23.2 Å². The molecule has 0 aliphatic carbocycles. The van der Waals surface area contributed by atoms with Gasteiger partial charge in [-0.1, -0.05) is 0 Å². The normalized spacial score (nSPS) is 24.8. The van der Waals surface area contributed by atoms with E-state index >= 15 is 0 Å². The monoisotopic (exact) mass is 196 g/mol. The van der Waals surface area contributed by atoms with Crippen LogP contribution in [-0.4, -0.2) is 29.2 Å². The van der Waals surface area contributed by atoms with Gasteiger partial charge in [0.05, 0.1) is 6.54 Å². The van der Waals surface area contributed by atoms with E-state index < -0.39 is 10.9 Å². The second-order valence-electron chi connectivity index (χ2n) is 2.10. The van der Waals surface area contributed by atoms with Gasteiger partial charge in [-0.3, -0.25) is 9.59 Å². The molecule has 0 aromatic carbocycles. The Morgan fingerprint density at radius 2 is 2.09 bits per heavy atom. The maximum Gasteiger partial charge on any atom is 0.245 e. The highest BCUT2D eigenvalue weighted by Crippen LogP contribution is 2.09.